The Kier molecular flexibility index (Phi) is 6.66. The van der Waals surface area contributed by atoms with Crippen molar-refractivity contribution in [2.24, 2.45) is 0 Å². The number of aryl methyl sites for hydroxylation is 1. The molecule has 28 heavy (non-hydrogen) atoms. The third-order valence-electron chi connectivity index (χ3n) is 5.91. The molecule has 0 aliphatic carbocycles. The van der Waals surface area contributed by atoms with Crippen LogP contribution in [0, 0.1) is 6.92 Å². The molecule has 1 amide bonds. The number of amides is 1. The summed E-state index contributed by atoms with van der Waals surface area (Å²) in [5.41, 5.74) is 1.13. The SMILES string of the molecule is Cc1ccc(C(=O)N2C3CCNCC2CC3)cc1S(=O)(=O)N1CCOCC1.Cl. The highest BCUT2D eigenvalue weighted by Gasteiger charge is 2.39. The average molecular weight is 430 g/mol. The van der Waals surface area contributed by atoms with Gasteiger partial charge in [-0.3, -0.25) is 4.79 Å². The number of halogens is 1. The first-order valence-electron chi connectivity index (χ1n) is 9.70. The Bertz CT molecular complexity index is 812. The molecule has 1 aromatic carbocycles. The minimum atomic E-state index is -3.63. The number of hydrogen-bond donors (Lipinski definition) is 1. The number of carbonyl (C=O) groups excluding carboxylic acids is 1. The minimum Gasteiger partial charge on any atom is -0.379 e. The van der Waals surface area contributed by atoms with Crippen molar-refractivity contribution in [3.05, 3.63) is 29.3 Å². The molecule has 0 saturated carbocycles. The summed E-state index contributed by atoms with van der Waals surface area (Å²) in [6.07, 6.45) is 2.99. The largest absolute Gasteiger partial charge is 0.379 e. The Balaban J connectivity index is 0.00000225. The van der Waals surface area contributed by atoms with Crippen molar-refractivity contribution in [3.63, 3.8) is 0 Å². The van der Waals surface area contributed by atoms with E-state index in [4.69, 9.17) is 4.74 Å². The Morgan fingerprint density at radius 2 is 1.86 bits per heavy atom. The van der Waals surface area contributed by atoms with Crippen LogP contribution in [-0.2, 0) is 14.8 Å². The molecule has 3 saturated heterocycles. The summed E-state index contributed by atoms with van der Waals surface area (Å²) in [7, 11) is -3.63. The van der Waals surface area contributed by atoms with Crippen molar-refractivity contribution in [1.29, 1.82) is 0 Å². The van der Waals surface area contributed by atoms with Crippen molar-refractivity contribution in [2.75, 3.05) is 39.4 Å². The molecule has 156 valence electrons. The Hall–Kier alpha value is -1.19. The highest BCUT2D eigenvalue weighted by Crippen LogP contribution is 2.31. The van der Waals surface area contributed by atoms with Gasteiger partial charge in [-0.15, -0.1) is 12.4 Å². The second-order valence-electron chi connectivity index (χ2n) is 7.59. The summed E-state index contributed by atoms with van der Waals surface area (Å²) < 4.78 is 32.9. The molecule has 1 N–H and O–H groups in total. The van der Waals surface area contributed by atoms with Gasteiger partial charge in [0, 0.05) is 37.3 Å². The van der Waals surface area contributed by atoms with Crippen LogP contribution < -0.4 is 5.32 Å². The van der Waals surface area contributed by atoms with Crippen molar-refractivity contribution in [2.45, 2.75) is 43.2 Å². The van der Waals surface area contributed by atoms with Crippen LogP contribution in [0.5, 0.6) is 0 Å². The second-order valence-corrected chi connectivity index (χ2v) is 9.49. The Morgan fingerprint density at radius 3 is 2.61 bits per heavy atom. The summed E-state index contributed by atoms with van der Waals surface area (Å²) in [6, 6.07) is 5.52. The number of fused-ring (bicyclic) bond motifs is 2. The second kappa shape index (κ2) is 8.67. The van der Waals surface area contributed by atoms with E-state index in [0.29, 0.717) is 37.4 Å². The Morgan fingerprint density at radius 1 is 1.14 bits per heavy atom. The number of morpholine rings is 1. The zero-order valence-corrected chi connectivity index (χ0v) is 17.7. The summed E-state index contributed by atoms with van der Waals surface area (Å²) in [4.78, 5) is 15.5. The molecular weight excluding hydrogens is 402 g/mol. The number of carbonyl (C=O) groups is 1. The average Bonchev–Trinajstić information content (AvgIpc) is 2.94. The van der Waals surface area contributed by atoms with Crippen molar-refractivity contribution >= 4 is 28.3 Å². The fourth-order valence-electron chi connectivity index (χ4n) is 4.40. The number of sulfonamides is 1. The number of ether oxygens (including phenoxy) is 1. The van der Waals surface area contributed by atoms with Gasteiger partial charge in [-0.1, -0.05) is 6.07 Å². The zero-order chi connectivity index (χ0) is 19.0. The van der Waals surface area contributed by atoms with E-state index in [9.17, 15) is 13.2 Å². The predicted molar refractivity (Wildman–Crippen MR) is 108 cm³/mol. The predicted octanol–water partition coefficient (Wildman–Crippen LogP) is 1.40. The smallest absolute Gasteiger partial charge is 0.254 e. The molecule has 3 aliphatic heterocycles. The zero-order valence-electron chi connectivity index (χ0n) is 16.1. The molecular formula is C19H28ClN3O4S. The van der Waals surface area contributed by atoms with Crippen molar-refractivity contribution < 1.29 is 17.9 Å². The molecule has 0 radical (unpaired) electrons. The van der Waals surface area contributed by atoms with Crippen LogP contribution in [0.25, 0.3) is 0 Å². The number of nitrogens with one attached hydrogen (secondary N) is 1. The lowest BCUT2D eigenvalue weighted by molar-refractivity contribution is 0.0679. The van der Waals surface area contributed by atoms with Gasteiger partial charge in [-0.2, -0.15) is 4.31 Å². The maximum atomic E-state index is 13.2. The molecule has 2 bridgehead atoms. The van der Waals surface area contributed by atoms with E-state index in [2.05, 4.69) is 5.32 Å². The number of nitrogens with zero attached hydrogens (tertiary/aromatic N) is 2. The molecule has 0 spiro atoms. The van der Waals surface area contributed by atoms with E-state index >= 15 is 0 Å². The fraction of sp³-hybridized carbons (Fsp3) is 0.632. The highest BCUT2D eigenvalue weighted by molar-refractivity contribution is 7.89. The monoisotopic (exact) mass is 429 g/mol. The van der Waals surface area contributed by atoms with Gasteiger partial charge in [0.05, 0.1) is 18.1 Å². The quantitative estimate of drug-likeness (QED) is 0.785. The van der Waals surface area contributed by atoms with E-state index in [0.717, 1.165) is 32.4 Å². The van der Waals surface area contributed by atoms with Crippen LogP contribution in [0.1, 0.15) is 35.2 Å². The van der Waals surface area contributed by atoms with Gasteiger partial charge in [-0.25, -0.2) is 8.42 Å². The topological polar surface area (TPSA) is 79.0 Å². The van der Waals surface area contributed by atoms with Crippen LogP contribution in [0.2, 0.25) is 0 Å². The third kappa shape index (κ3) is 3.93. The van der Waals surface area contributed by atoms with Crippen LogP contribution >= 0.6 is 12.4 Å². The summed E-state index contributed by atoms with van der Waals surface area (Å²) >= 11 is 0. The first-order valence-corrected chi connectivity index (χ1v) is 11.1. The van der Waals surface area contributed by atoms with Crippen molar-refractivity contribution in [3.8, 4) is 0 Å². The maximum Gasteiger partial charge on any atom is 0.254 e. The molecule has 3 heterocycles. The van der Waals surface area contributed by atoms with Crippen LogP contribution in [0.4, 0.5) is 0 Å². The Labute approximate surface area is 172 Å². The number of rotatable bonds is 3. The molecule has 4 rings (SSSR count). The van der Waals surface area contributed by atoms with Gasteiger partial charge in [0.15, 0.2) is 0 Å². The van der Waals surface area contributed by atoms with E-state index in [1.807, 2.05) is 4.90 Å². The third-order valence-corrected chi connectivity index (χ3v) is 7.95. The summed E-state index contributed by atoms with van der Waals surface area (Å²) in [5, 5.41) is 3.39. The fourth-order valence-corrected chi connectivity index (χ4v) is 6.06. The van der Waals surface area contributed by atoms with E-state index in [1.54, 1.807) is 25.1 Å². The molecule has 3 fully saturated rings. The molecule has 1 aromatic rings. The standard InChI is InChI=1S/C19H27N3O4S.ClH/c1-14-2-3-15(12-18(14)27(24,25)21-8-10-26-11-9-21)19(23)22-16-4-5-17(22)13-20-7-6-16;/h2-3,12,16-17,20H,4-11,13H2,1H3;1H. The normalized spacial score (nSPS) is 25.8. The van der Waals surface area contributed by atoms with Gasteiger partial charge < -0.3 is 15.0 Å². The molecule has 2 atom stereocenters. The first-order chi connectivity index (χ1) is 13.0. The van der Waals surface area contributed by atoms with Gasteiger partial charge in [0.2, 0.25) is 10.0 Å². The minimum absolute atomic E-state index is 0. The lowest BCUT2D eigenvalue weighted by Crippen LogP contribution is -2.43. The van der Waals surface area contributed by atoms with E-state index in [-0.39, 0.29) is 35.3 Å². The van der Waals surface area contributed by atoms with Gasteiger partial charge >= 0.3 is 0 Å². The molecule has 7 nitrogen and oxygen atoms in total. The van der Waals surface area contributed by atoms with Crippen LogP contribution in [0.15, 0.2) is 23.1 Å². The van der Waals surface area contributed by atoms with Gasteiger partial charge in [0.1, 0.15) is 0 Å². The molecule has 9 heteroatoms. The summed E-state index contributed by atoms with van der Waals surface area (Å²) in [6.45, 7) is 5.02. The molecule has 3 aliphatic rings. The molecule has 0 aromatic heterocycles. The van der Waals surface area contributed by atoms with E-state index < -0.39 is 10.0 Å². The van der Waals surface area contributed by atoms with Crippen LogP contribution in [-0.4, -0.2) is 75.0 Å². The molecule has 2 unspecified atom stereocenters. The van der Waals surface area contributed by atoms with E-state index in [1.165, 1.54) is 4.31 Å². The summed E-state index contributed by atoms with van der Waals surface area (Å²) in [5.74, 6) is -0.0513. The number of hydrogen-bond acceptors (Lipinski definition) is 5. The van der Waals surface area contributed by atoms with Gasteiger partial charge in [0.25, 0.3) is 5.91 Å². The lowest BCUT2D eigenvalue weighted by Gasteiger charge is -2.29. The van der Waals surface area contributed by atoms with Crippen LogP contribution in [0.3, 0.4) is 0 Å². The number of benzene rings is 1. The lowest BCUT2D eigenvalue weighted by atomic mass is 10.1. The highest BCUT2D eigenvalue weighted by atomic mass is 35.5. The van der Waals surface area contributed by atoms with Crippen molar-refractivity contribution in [1.82, 2.24) is 14.5 Å². The van der Waals surface area contributed by atoms with Gasteiger partial charge in [-0.05, 0) is 50.4 Å². The maximum absolute atomic E-state index is 13.2. The first kappa shape index (κ1) is 21.5.